The minimum atomic E-state index is -0.389. The first kappa shape index (κ1) is 22.3. The summed E-state index contributed by atoms with van der Waals surface area (Å²) >= 11 is 1.58. The molecular weight excluding hydrogens is 465 g/mol. The molecule has 9 heteroatoms. The van der Waals surface area contributed by atoms with Gasteiger partial charge in [-0.25, -0.2) is 14.4 Å². The van der Waals surface area contributed by atoms with E-state index in [-0.39, 0.29) is 23.7 Å². The SMILES string of the molecule is Cc1ncc(-c2cc3ccc(F)c(-c4nc(C5CCOCC5)n5c4CN(C)C(=O)[C@H]5C)c3cn2)s1. The molecule has 6 rings (SSSR count). The molecule has 2 aliphatic rings. The van der Waals surface area contributed by atoms with Gasteiger partial charge in [0.15, 0.2) is 0 Å². The molecule has 0 saturated carbocycles. The highest BCUT2D eigenvalue weighted by Crippen LogP contribution is 2.41. The average molecular weight is 492 g/mol. The first-order chi connectivity index (χ1) is 16.9. The Balaban J connectivity index is 1.56. The number of halogens is 1. The topological polar surface area (TPSA) is 73.1 Å². The number of hydrogen-bond donors (Lipinski definition) is 0. The second-order valence-electron chi connectivity index (χ2n) is 9.35. The van der Waals surface area contributed by atoms with Gasteiger partial charge in [-0.3, -0.25) is 9.78 Å². The number of fused-ring (bicyclic) bond motifs is 2. The fraction of sp³-hybridized carbons (Fsp3) is 0.385. The molecule has 1 atom stereocenters. The van der Waals surface area contributed by atoms with E-state index in [1.807, 2.05) is 30.7 Å². The number of likely N-dealkylation sites (N-methyl/N-ethyl adjacent to an activating group) is 1. The van der Waals surface area contributed by atoms with Gasteiger partial charge in [-0.2, -0.15) is 0 Å². The van der Waals surface area contributed by atoms with Crippen LogP contribution in [0.1, 0.15) is 48.3 Å². The zero-order valence-corrected chi connectivity index (χ0v) is 20.7. The summed E-state index contributed by atoms with van der Waals surface area (Å²) in [6.07, 6.45) is 5.23. The Hall–Kier alpha value is -3.17. The van der Waals surface area contributed by atoms with Crippen molar-refractivity contribution in [3.05, 3.63) is 52.9 Å². The summed E-state index contributed by atoms with van der Waals surface area (Å²) in [5.41, 5.74) is 2.73. The molecule has 0 radical (unpaired) electrons. The monoisotopic (exact) mass is 491 g/mol. The Morgan fingerprint density at radius 3 is 2.71 bits per heavy atom. The number of imidazole rings is 1. The van der Waals surface area contributed by atoms with Gasteiger partial charge in [0.2, 0.25) is 5.91 Å². The van der Waals surface area contributed by atoms with Gasteiger partial charge in [0, 0.05) is 49.5 Å². The van der Waals surface area contributed by atoms with Gasteiger partial charge in [-0.15, -0.1) is 11.3 Å². The molecule has 2 aliphatic heterocycles. The van der Waals surface area contributed by atoms with Crippen molar-refractivity contribution >= 4 is 28.0 Å². The highest BCUT2D eigenvalue weighted by Gasteiger charge is 2.36. The molecule has 5 heterocycles. The van der Waals surface area contributed by atoms with Crippen molar-refractivity contribution in [2.45, 2.75) is 45.2 Å². The van der Waals surface area contributed by atoms with Crippen LogP contribution in [0.5, 0.6) is 0 Å². The van der Waals surface area contributed by atoms with E-state index in [2.05, 4.69) is 9.97 Å². The number of ether oxygens (including phenoxy) is 1. The van der Waals surface area contributed by atoms with Gasteiger partial charge < -0.3 is 14.2 Å². The molecule has 180 valence electrons. The highest BCUT2D eigenvalue weighted by molar-refractivity contribution is 7.15. The average Bonchev–Trinajstić information content (AvgIpc) is 3.47. The van der Waals surface area contributed by atoms with Gasteiger partial charge >= 0.3 is 0 Å². The van der Waals surface area contributed by atoms with Gasteiger partial charge in [0.05, 0.1) is 33.5 Å². The number of aryl methyl sites for hydroxylation is 1. The summed E-state index contributed by atoms with van der Waals surface area (Å²) in [6.45, 7) is 5.58. The first-order valence-electron chi connectivity index (χ1n) is 11.9. The van der Waals surface area contributed by atoms with Crippen LogP contribution < -0.4 is 0 Å². The maximum absolute atomic E-state index is 15.5. The van der Waals surface area contributed by atoms with E-state index in [0.717, 1.165) is 45.3 Å². The van der Waals surface area contributed by atoms with Crippen LogP contribution in [-0.4, -0.2) is 50.6 Å². The molecule has 0 N–H and O–H groups in total. The summed E-state index contributed by atoms with van der Waals surface area (Å²) in [6, 6.07) is 4.87. The van der Waals surface area contributed by atoms with E-state index >= 15 is 4.39 Å². The normalized spacial score (nSPS) is 18.9. The van der Waals surface area contributed by atoms with E-state index in [1.165, 1.54) is 6.07 Å². The molecule has 1 amide bonds. The van der Waals surface area contributed by atoms with E-state index in [9.17, 15) is 4.79 Å². The Bertz CT molecular complexity index is 1460. The summed E-state index contributed by atoms with van der Waals surface area (Å²) in [5.74, 6) is 0.729. The molecule has 1 aromatic carbocycles. The maximum atomic E-state index is 15.5. The van der Waals surface area contributed by atoms with Crippen LogP contribution in [0.25, 0.3) is 32.6 Å². The zero-order chi connectivity index (χ0) is 24.3. The summed E-state index contributed by atoms with van der Waals surface area (Å²) in [7, 11) is 1.79. The van der Waals surface area contributed by atoms with Crippen molar-refractivity contribution < 1.29 is 13.9 Å². The maximum Gasteiger partial charge on any atom is 0.245 e. The van der Waals surface area contributed by atoms with Crippen LogP contribution in [0.15, 0.2) is 30.6 Å². The molecule has 4 aromatic rings. The van der Waals surface area contributed by atoms with Crippen LogP contribution in [0, 0.1) is 12.7 Å². The fourth-order valence-corrected chi connectivity index (χ4v) is 6.04. The van der Waals surface area contributed by atoms with Crippen LogP contribution in [-0.2, 0) is 16.1 Å². The Kier molecular flexibility index (Phi) is 5.41. The second-order valence-corrected chi connectivity index (χ2v) is 10.6. The number of pyridine rings is 1. The van der Waals surface area contributed by atoms with Gasteiger partial charge in [-0.1, -0.05) is 6.07 Å². The number of thiazole rings is 1. The number of rotatable bonds is 3. The van der Waals surface area contributed by atoms with Crippen molar-refractivity contribution in [3.8, 4) is 21.8 Å². The molecule has 1 fully saturated rings. The molecule has 7 nitrogen and oxygen atoms in total. The number of carbonyl (C=O) groups is 1. The number of carbonyl (C=O) groups excluding carboxylic acids is 1. The van der Waals surface area contributed by atoms with E-state index in [1.54, 1.807) is 35.5 Å². The number of amides is 1. The molecule has 1 saturated heterocycles. The lowest BCUT2D eigenvalue weighted by Gasteiger charge is -2.32. The number of aromatic nitrogens is 4. The lowest BCUT2D eigenvalue weighted by molar-refractivity contribution is -0.135. The first-order valence-corrected chi connectivity index (χ1v) is 12.7. The largest absolute Gasteiger partial charge is 0.381 e. The van der Waals surface area contributed by atoms with Crippen LogP contribution in [0.2, 0.25) is 0 Å². The molecule has 35 heavy (non-hydrogen) atoms. The molecule has 0 spiro atoms. The molecule has 0 bridgehead atoms. The zero-order valence-electron chi connectivity index (χ0n) is 19.9. The third kappa shape index (κ3) is 3.65. The minimum Gasteiger partial charge on any atom is -0.381 e. The number of benzene rings is 1. The molecule has 0 unspecified atom stereocenters. The van der Waals surface area contributed by atoms with Crippen molar-refractivity contribution in [1.29, 1.82) is 0 Å². The standard InChI is InChI=1S/C26H26FN5O2S/c1-14-26(33)31(3)13-21-24(30-25(32(14)21)16-6-8-34-9-7-16)23-18-11-29-20(22-12-28-15(2)35-22)10-17(18)4-5-19(23)27/h4-5,10-12,14,16H,6-9,13H2,1-3H3/t14-/m1/s1. The lowest BCUT2D eigenvalue weighted by atomic mass is 9.98. The van der Waals surface area contributed by atoms with Gasteiger partial charge in [0.1, 0.15) is 17.7 Å². The molecule has 0 aliphatic carbocycles. The van der Waals surface area contributed by atoms with E-state index < -0.39 is 0 Å². The highest BCUT2D eigenvalue weighted by atomic mass is 32.1. The quantitative estimate of drug-likeness (QED) is 0.399. The smallest absolute Gasteiger partial charge is 0.245 e. The van der Waals surface area contributed by atoms with Crippen LogP contribution in [0.4, 0.5) is 4.39 Å². The van der Waals surface area contributed by atoms with Gasteiger partial charge in [-0.05, 0) is 44.2 Å². The summed E-state index contributed by atoms with van der Waals surface area (Å²) in [4.78, 5) is 29.6. The third-order valence-corrected chi connectivity index (χ3v) is 8.03. The van der Waals surface area contributed by atoms with Crippen molar-refractivity contribution in [2.75, 3.05) is 20.3 Å². The predicted octanol–water partition coefficient (Wildman–Crippen LogP) is 5.10. The molecular formula is C26H26FN5O2S. The van der Waals surface area contributed by atoms with Gasteiger partial charge in [0.25, 0.3) is 0 Å². The lowest BCUT2D eigenvalue weighted by Crippen LogP contribution is -2.40. The van der Waals surface area contributed by atoms with Crippen LogP contribution in [0.3, 0.4) is 0 Å². The fourth-order valence-electron chi connectivity index (χ4n) is 5.29. The Labute approximate surface area is 206 Å². The number of nitrogens with zero attached hydrogens (tertiary/aromatic N) is 5. The summed E-state index contributed by atoms with van der Waals surface area (Å²) < 4.78 is 23.2. The van der Waals surface area contributed by atoms with Crippen LogP contribution >= 0.6 is 11.3 Å². The third-order valence-electron chi connectivity index (χ3n) is 7.10. The minimum absolute atomic E-state index is 0.0410. The predicted molar refractivity (Wildman–Crippen MR) is 133 cm³/mol. The Morgan fingerprint density at radius 1 is 1.17 bits per heavy atom. The van der Waals surface area contributed by atoms with E-state index in [0.29, 0.717) is 36.4 Å². The molecule has 3 aromatic heterocycles. The second kappa shape index (κ2) is 8.49. The summed E-state index contributed by atoms with van der Waals surface area (Å²) in [5, 5.41) is 2.57. The van der Waals surface area contributed by atoms with Crippen molar-refractivity contribution in [1.82, 2.24) is 24.4 Å². The van der Waals surface area contributed by atoms with Crippen molar-refractivity contribution in [2.24, 2.45) is 0 Å². The Morgan fingerprint density at radius 2 is 1.97 bits per heavy atom. The van der Waals surface area contributed by atoms with E-state index in [4.69, 9.17) is 9.72 Å². The number of hydrogen-bond acceptors (Lipinski definition) is 6. The van der Waals surface area contributed by atoms with Crippen molar-refractivity contribution in [3.63, 3.8) is 0 Å².